The van der Waals surface area contributed by atoms with Crippen LogP contribution in [-0.2, 0) is 33.8 Å². The molecule has 5 rings (SSSR count). The predicted octanol–water partition coefficient (Wildman–Crippen LogP) is 2.78. The van der Waals surface area contributed by atoms with Crippen molar-refractivity contribution in [2.75, 3.05) is 5.75 Å². The Morgan fingerprint density at radius 2 is 2.04 bits per heavy atom. The van der Waals surface area contributed by atoms with Crippen LogP contribution in [0.15, 0.2) is 27.4 Å². The van der Waals surface area contributed by atoms with Crippen LogP contribution in [0, 0.1) is 0 Å². The highest BCUT2D eigenvalue weighted by atomic mass is 32.2. The van der Waals surface area contributed by atoms with Gasteiger partial charge in [-0.3, -0.25) is 4.79 Å². The van der Waals surface area contributed by atoms with Crippen molar-refractivity contribution < 1.29 is 18.7 Å². The third kappa shape index (κ3) is 2.75. The van der Waals surface area contributed by atoms with Crippen LogP contribution in [0.3, 0.4) is 0 Å². The molecule has 0 radical (unpaired) electrons. The van der Waals surface area contributed by atoms with E-state index in [2.05, 4.69) is 6.07 Å². The molecule has 2 aliphatic heterocycles. The quantitative estimate of drug-likeness (QED) is 0.584. The normalized spacial score (nSPS) is 26.0. The van der Waals surface area contributed by atoms with Crippen molar-refractivity contribution >= 4 is 34.6 Å². The molecule has 2 aromatic rings. The Kier molecular flexibility index (Phi) is 4.05. The van der Waals surface area contributed by atoms with Crippen LogP contribution in [0.2, 0.25) is 0 Å². The minimum Gasteiger partial charge on any atom is -0.459 e. The third-order valence-corrected chi connectivity index (χ3v) is 7.63. The molecule has 3 heterocycles. The van der Waals surface area contributed by atoms with Crippen molar-refractivity contribution in [2.45, 2.75) is 56.5 Å². The molecule has 7 heteroatoms. The van der Waals surface area contributed by atoms with Gasteiger partial charge in [0.25, 0.3) is 0 Å². The largest absolute Gasteiger partial charge is 0.459 e. The van der Waals surface area contributed by atoms with E-state index < -0.39 is 17.6 Å². The number of hydrogen-bond donors (Lipinski definition) is 0. The van der Waals surface area contributed by atoms with Crippen molar-refractivity contribution in [3.63, 3.8) is 0 Å². The minimum absolute atomic E-state index is 0.000366. The molecule has 1 aliphatic carbocycles. The van der Waals surface area contributed by atoms with Crippen molar-refractivity contribution in [3.05, 3.63) is 45.3 Å². The predicted molar refractivity (Wildman–Crippen MR) is 105 cm³/mol. The van der Waals surface area contributed by atoms with Crippen LogP contribution in [0.1, 0.15) is 42.9 Å². The summed E-state index contributed by atoms with van der Waals surface area (Å²) in [6.45, 7) is 2.01. The van der Waals surface area contributed by atoms with Crippen molar-refractivity contribution in [1.29, 1.82) is 0 Å². The van der Waals surface area contributed by atoms with Crippen LogP contribution in [0.5, 0.6) is 0 Å². The van der Waals surface area contributed by atoms with Crippen LogP contribution in [0.25, 0.3) is 11.0 Å². The Bertz CT molecular complexity index is 1060. The number of nitrogens with zero attached hydrogens (tertiary/aromatic N) is 1. The van der Waals surface area contributed by atoms with Gasteiger partial charge in [0.1, 0.15) is 18.2 Å². The standard InChI is InChI=1S/C21H21NO5S/c1-21-6-5-18(23)22(21)16(11-28-21)20(25)26-10-14-9-19(24)27-17-8-13-4-2-3-12(13)7-15(14)17/h7-9,16H,2-6,10-11H2,1H3/t16-,21+/m0/s1. The first-order chi connectivity index (χ1) is 13.4. The van der Waals surface area contributed by atoms with Gasteiger partial charge in [-0.25, -0.2) is 9.59 Å². The molecule has 0 bridgehead atoms. The summed E-state index contributed by atoms with van der Waals surface area (Å²) in [5.74, 6) is 0.150. The lowest BCUT2D eigenvalue weighted by Crippen LogP contribution is -2.46. The van der Waals surface area contributed by atoms with Crippen LogP contribution >= 0.6 is 11.8 Å². The topological polar surface area (TPSA) is 76.8 Å². The molecule has 6 nitrogen and oxygen atoms in total. The molecule has 0 spiro atoms. The molecule has 0 saturated carbocycles. The van der Waals surface area contributed by atoms with Gasteiger partial charge in [0.15, 0.2) is 0 Å². The highest BCUT2D eigenvalue weighted by molar-refractivity contribution is 8.01. The summed E-state index contributed by atoms with van der Waals surface area (Å²) in [5, 5.41) is 0.816. The van der Waals surface area contributed by atoms with Gasteiger partial charge in [0, 0.05) is 29.2 Å². The molecule has 146 valence electrons. The molecular formula is C21H21NO5S. The number of ether oxygens (including phenoxy) is 1. The average molecular weight is 399 g/mol. The van der Waals surface area contributed by atoms with E-state index in [0.29, 0.717) is 23.3 Å². The fraction of sp³-hybridized carbons (Fsp3) is 0.476. The highest BCUT2D eigenvalue weighted by Crippen LogP contribution is 2.47. The average Bonchev–Trinajstić information content (AvgIpc) is 3.33. The van der Waals surface area contributed by atoms with Crippen molar-refractivity contribution in [3.8, 4) is 0 Å². The van der Waals surface area contributed by atoms with Crippen molar-refractivity contribution in [2.24, 2.45) is 0 Å². The van der Waals surface area contributed by atoms with Gasteiger partial charge in [-0.05, 0) is 55.9 Å². The van der Waals surface area contributed by atoms with E-state index >= 15 is 0 Å². The zero-order valence-corrected chi connectivity index (χ0v) is 16.5. The van der Waals surface area contributed by atoms with E-state index in [0.717, 1.165) is 31.1 Å². The maximum absolute atomic E-state index is 12.7. The highest BCUT2D eigenvalue weighted by Gasteiger charge is 2.53. The molecule has 2 saturated heterocycles. The van der Waals surface area contributed by atoms with Gasteiger partial charge in [-0.15, -0.1) is 11.8 Å². The van der Waals surface area contributed by atoms with Crippen molar-refractivity contribution in [1.82, 2.24) is 4.90 Å². The molecule has 0 N–H and O–H groups in total. The van der Waals surface area contributed by atoms with E-state index in [-0.39, 0.29) is 17.4 Å². The number of fused-ring (bicyclic) bond motifs is 3. The number of carbonyl (C=O) groups is 2. The minimum atomic E-state index is -0.555. The number of benzene rings is 1. The van der Waals surface area contributed by atoms with Gasteiger partial charge in [-0.2, -0.15) is 0 Å². The summed E-state index contributed by atoms with van der Waals surface area (Å²) >= 11 is 1.63. The van der Waals surface area contributed by atoms with Gasteiger partial charge in [-0.1, -0.05) is 0 Å². The zero-order chi connectivity index (χ0) is 19.5. The molecular weight excluding hydrogens is 378 g/mol. The Hall–Kier alpha value is -2.28. The lowest BCUT2D eigenvalue weighted by atomic mass is 10.0. The second-order valence-electron chi connectivity index (χ2n) is 7.93. The van der Waals surface area contributed by atoms with Gasteiger partial charge in [0.05, 0.1) is 4.87 Å². The van der Waals surface area contributed by atoms with E-state index in [4.69, 9.17) is 9.15 Å². The fourth-order valence-corrected chi connectivity index (χ4v) is 6.07. The SMILES string of the molecule is C[C@@]12CCC(=O)N1[C@H](C(=O)OCc1cc(=O)oc3cc4c(cc13)CCC4)CS2. The number of hydrogen-bond acceptors (Lipinski definition) is 6. The molecule has 28 heavy (non-hydrogen) atoms. The van der Waals surface area contributed by atoms with E-state index in [1.54, 1.807) is 16.7 Å². The number of aryl methyl sites for hydroxylation is 2. The molecule has 1 aromatic carbocycles. The summed E-state index contributed by atoms with van der Waals surface area (Å²) in [7, 11) is 0. The number of amides is 1. The Morgan fingerprint density at radius 1 is 1.25 bits per heavy atom. The smallest absolute Gasteiger partial charge is 0.336 e. The fourth-order valence-electron chi connectivity index (χ4n) is 4.65. The zero-order valence-electron chi connectivity index (χ0n) is 15.7. The summed E-state index contributed by atoms with van der Waals surface area (Å²) in [6, 6.07) is 4.83. The molecule has 1 amide bonds. The van der Waals surface area contributed by atoms with Gasteiger partial charge in [0.2, 0.25) is 5.91 Å². The van der Waals surface area contributed by atoms with Crippen LogP contribution < -0.4 is 5.63 Å². The summed E-state index contributed by atoms with van der Waals surface area (Å²) in [6.07, 6.45) is 4.34. The summed E-state index contributed by atoms with van der Waals surface area (Å²) in [4.78, 5) is 38.3. The second-order valence-corrected chi connectivity index (χ2v) is 9.44. The van der Waals surface area contributed by atoms with E-state index in [9.17, 15) is 14.4 Å². The van der Waals surface area contributed by atoms with Gasteiger partial charge < -0.3 is 14.1 Å². The molecule has 0 unspecified atom stereocenters. The molecule has 2 fully saturated rings. The van der Waals surface area contributed by atoms with E-state index in [1.165, 1.54) is 17.2 Å². The number of thioether (sulfide) groups is 1. The number of carbonyl (C=O) groups excluding carboxylic acids is 2. The van der Waals surface area contributed by atoms with Crippen LogP contribution in [0.4, 0.5) is 0 Å². The third-order valence-electron chi connectivity index (χ3n) is 6.13. The molecule has 3 aliphatic rings. The first-order valence-electron chi connectivity index (χ1n) is 9.66. The van der Waals surface area contributed by atoms with Crippen LogP contribution in [-0.4, -0.2) is 33.4 Å². The second kappa shape index (κ2) is 6.37. The maximum Gasteiger partial charge on any atom is 0.336 e. The summed E-state index contributed by atoms with van der Waals surface area (Å²) < 4.78 is 10.9. The lowest BCUT2D eigenvalue weighted by molar-refractivity contribution is -0.154. The number of rotatable bonds is 3. The maximum atomic E-state index is 12.7. The monoisotopic (exact) mass is 399 g/mol. The van der Waals surface area contributed by atoms with E-state index in [1.807, 2.05) is 13.0 Å². The summed E-state index contributed by atoms with van der Waals surface area (Å²) in [5.41, 5.74) is 3.22. The lowest BCUT2D eigenvalue weighted by Gasteiger charge is -2.29. The Labute approximate surface area is 166 Å². The first kappa shape index (κ1) is 17.8. The van der Waals surface area contributed by atoms with Gasteiger partial charge >= 0.3 is 11.6 Å². The first-order valence-corrected chi connectivity index (χ1v) is 10.6. The molecule has 1 aromatic heterocycles. The molecule has 2 atom stereocenters. The Balaban J connectivity index is 1.40. The number of esters is 1. The Morgan fingerprint density at radius 3 is 2.86 bits per heavy atom.